The van der Waals surface area contributed by atoms with E-state index >= 15 is 0 Å². The van der Waals surface area contributed by atoms with Crippen molar-refractivity contribution in [2.75, 3.05) is 18.9 Å². The maximum atomic E-state index is 12.7. The second-order valence-corrected chi connectivity index (χ2v) is 7.87. The van der Waals surface area contributed by atoms with Crippen molar-refractivity contribution < 1.29 is 4.79 Å². The highest BCUT2D eigenvalue weighted by Gasteiger charge is 2.41. The highest BCUT2D eigenvalue weighted by molar-refractivity contribution is 7.03. The van der Waals surface area contributed by atoms with E-state index in [1.54, 1.807) is 0 Å². The average molecular weight is 352 g/mol. The maximum Gasteiger partial charge on any atom is 0.229 e. The van der Waals surface area contributed by atoms with Crippen LogP contribution in [-0.4, -0.2) is 39.8 Å². The van der Waals surface area contributed by atoms with Crippen LogP contribution >= 0.6 is 11.5 Å². The van der Waals surface area contributed by atoms with E-state index in [-0.39, 0.29) is 11.8 Å². The molecule has 1 saturated heterocycles. The first-order chi connectivity index (χ1) is 12.2. The first-order valence-corrected chi connectivity index (χ1v) is 9.54. The summed E-state index contributed by atoms with van der Waals surface area (Å²) < 4.78 is 4.20. The topological polar surface area (TPSA) is 61.0 Å². The van der Waals surface area contributed by atoms with Gasteiger partial charge in [0.2, 0.25) is 5.91 Å². The summed E-state index contributed by atoms with van der Waals surface area (Å²) in [6.45, 7) is 0.798. The molecule has 3 heterocycles. The number of benzene rings is 1. The number of H-pyrrole nitrogens is 1. The van der Waals surface area contributed by atoms with Crippen molar-refractivity contribution in [1.82, 2.24) is 14.3 Å². The van der Waals surface area contributed by atoms with Crippen molar-refractivity contribution in [3.63, 3.8) is 0 Å². The van der Waals surface area contributed by atoms with Crippen molar-refractivity contribution in [2.24, 2.45) is 5.92 Å². The predicted octanol–water partition coefficient (Wildman–Crippen LogP) is 3.22. The number of likely N-dealkylation sites (tertiary alicyclic amines) is 1. The number of nitrogens with zero attached hydrogens (tertiary/aromatic N) is 2. The molecule has 5 rings (SSSR count). The van der Waals surface area contributed by atoms with Crippen LogP contribution in [0.5, 0.6) is 0 Å². The second kappa shape index (κ2) is 5.68. The number of fused-ring (bicyclic) bond motifs is 2. The molecule has 0 unspecified atom stereocenters. The van der Waals surface area contributed by atoms with E-state index in [4.69, 9.17) is 0 Å². The monoisotopic (exact) mass is 352 g/mol. The molecule has 1 amide bonds. The molecule has 6 heteroatoms. The summed E-state index contributed by atoms with van der Waals surface area (Å²) in [5, 5.41) is 6.23. The molecule has 3 atom stereocenters. The number of carbonyl (C=O) groups is 1. The quantitative estimate of drug-likeness (QED) is 0.744. The molecule has 1 aliphatic carbocycles. The van der Waals surface area contributed by atoms with Crippen LogP contribution in [0.25, 0.3) is 10.9 Å². The number of piperidine rings is 1. The van der Waals surface area contributed by atoms with Gasteiger partial charge < -0.3 is 15.2 Å². The number of rotatable bonds is 2. The Balaban J connectivity index is 1.47. The molecule has 0 bridgehead atoms. The van der Waals surface area contributed by atoms with Gasteiger partial charge in [0.1, 0.15) is 5.82 Å². The largest absolute Gasteiger partial charge is 0.361 e. The van der Waals surface area contributed by atoms with Crippen molar-refractivity contribution in [1.29, 1.82) is 0 Å². The fraction of sp³-hybridized carbons (Fsp3) is 0.368. The molecule has 25 heavy (non-hydrogen) atoms. The lowest BCUT2D eigenvalue weighted by molar-refractivity contribution is -0.122. The third-order valence-corrected chi connectivity index (χ3v) is 6.35. The molecular weight excluding hydrogens is 332 g/mol. The first kappa shape index (κ1) is 15.1. The minimum atomic E-state index is -0.0105. The number of hydrogen-bond donors (Lipinski definition) is 2. The molecule has 0 radical (unpaired) electrons. The molecule has 2 N–H and O–H groups in total. The zero-order valence-corrected chi connectivity index (χ0v) is 14.8. The zero-order valence-electron chi connectivity index (χ0n) is 14.0. The first-order valence-electron chi connectivity index (χ1n) is 8.71. The Kier molecular flexibility index (Phi) is 3.43. The lowest BCUT2D eigenvalue weighted by atomic mass is 9.72. The fourth-order valence-electron chi connectivity index (χ4n) is 4.64. The predicted molar refractivity (Wildman–Crippen MR) is 100 cm³/mol. The summed E-state index contributed by atoms with van der Waals surface area (Å²) in [4.78, 5) is 18.5. The smallest absolute Gasteiger partial charge is 0.229 e. The number of aromatic amines is 1. The highest BCUT2D eigenvalue weighted by Crippen LogP contribution is 2.44. The van der Waals surface area contributed by atoms with Gasteiger partial charge in [0, 0.05) is 41.0 Å². The lowest BCUT2D eigenvalue weighted by Gasteiger charge is -2.45. The van der Waals surface area contributed by atoms with Gasteiger partial charge in [0.15, 0.2) is 0 Å². The minimum absolute atomic E-state index is 0.0105. The summed E-state index contributed by atoms with van der Waals surface area (Å²) in [5.41, 5.74) is 4.01. The summed E-state index contributed by atoms with van der Waals surface area (Å²) in [6.07, 6.45) is 4.10. The van der Waals surface area contributed by atoms with Gasteiger partial charge >= 0.3 is 0 Å². The van der Waals surface area contributed by atoms with Gasteiger partial charge in [0.25, 0.3) is 0 Å². The minimum Gasteiger partial charge on any atom is -0.361 e. The molecule has 5 nitrogen and oxygen atoms in total. The third-order valence-electron chi connectivity index (χ3n) is 5.79. The Bertz CT molecular complexity index is 932. The number of aromatic nitrogens is 2. The Morgan fingerprint density at radius 3 is 3.16 bits per heavy atom. The van der Waals surface area contributed by atoms with Gasteiger partial charge in [-0.3, -0.25) is 4.79 Å². The number of likely N-dealkylation sites (N-methyl/N-ethyl adjacent to an activating group) is 1. The number of hydrogen-bond acceptors (Lipinski definition) is 4. The Morgan fingerprint density at radius 2 is 2.32 bits per heavy atom. The molecule has 3 aromatic rings. The molecule has 1 aromatic carbocycles. The molecule has 128 valence electrons. The van der Waals surface area contributed by atoms with Gasteiger partial charge in [-0.2, -0.15) is 4.37 Å². The van der Waals surface area contributed by atoms with E-state index in [1.807, 2.05) is 11.4 Å². The van der Waals surface area contributed by atoms with Gasteiger partial charge in [0.05, 0.1) is 5.92 Å². The van der Waals surface area contributed by atoms with Crippen molar-refractivity contribution in [3.8, 4) is 0 Å². The van der Waals surface area contributed by atoms with Crippen LogP contribution in [0.1, 0.15) is 23.5 Å². The van der Waals surface area contributed by atoms with Gasteiger partial charge in [-0.05, 0) is 54.7 Å². The summed E-state index contributed by atoms with van der Waals surface area (Å²) in [6, 6.07) is 8.83. The van der Waals surface area contributed by atoms with Gasteiger partial charge in [-0.25, -0.2) is 0 Å². The summed E-state index contributed by atoms with van der Waals surface area (Å²) in [7, 11) is 2.15. The maximum absolute atomic E-state index is 12.7. The number of anilines is 1. The Labute approximate surface area is 150 Å². The van der Waals surface area contributed by atoms with Crippen molar-refractivity contribution >= 4 is 34.2 Å². The SMILES string of the molecule is CN1C[C@H](C(=O)Nc2ccsn2)C[C@@H]2c3cccc4[nH]cc(c34)C[C@H]21. The van der Waals surface area contributed by atoms with E-state index < -0.39 is 0 Å². The molecule has 2 aliphatic rings. The molecule has 0 spiro atoms. The van der Waals surface area contributed by atoms with E-state index in [9.17, 15) is 4.79 Å². The molecule has 1 fully saturated rings. The molecule has 1 aliphatic heterocycles. The van der Waals surface area contributed by atoms with Crippen LogP contribution in [0, 0.1) is 5.92 Å². The number of carbonyl (C=O) groups excluding carboxylic acids is 1. The van der Waals surface area contributed by atoms with E-state index in [2.05, 4.69) is 51.0 Å². The van der Waals surface area contributed by atoms with Crippen LogP contribution in [0.3, 0.4) is 0 Å². The summed E-state index contributed by atoms with van der Waals surface area (Å²) in [5.74, 6) is 1.14. The second-order valence-electron chi connectivity index (χ2n) is 7.21. The van der Waals surface area contributed by atoms with Crippen molar-refractivity contribution in [3.05, 3.63) is 47.0 Å². The van der Waals surface area contributed by atoms with Crippen LogP contribution in [0.2, 0.25) is 0 Å². The van der Waals surface area contributed by atoms with Crippen LogP contribution in [0.4, 0.5) is 5.82 Å². The van der Waals surface area contributed by atoms with E-state index in [0.717, 1.165) is 19.4 Å². The van der Waals surface area contributed by atoms with Gasteiger partial charge in [-0.1, -0.05) is 12.1 Å². The molecule has 0 saturated carbocycles. The van der Waals surface area contributed by atoms with Crippen LogP contribution in [0.15, 0.2) is 35.8 Å². The average Bonchev–Trinajstić information content (AvgIpc) is 3.27. The van der Waals surface area contributed by atoms with Gasteiger partial charge in [-0.15, -0.1) is 0 Å². The third kappa shape index (κ3) is 2.40. The van der Waals surface area contributed by atoms with Crippen LogP contribution in [-0.2, 0) is 11.2 Å². The number of nitrogens with one attached hydrogen (secondary N) is 2. The van der Waals surface area contributed by atoms with Crippen molar-refractivity contribution in [2.45, 2.75) is 24.8 Å². The van der Waals surface area contributed by atoms with E-state index in [0.29, 0.717) is 17.8 Å². The Hall–Kier alpha value is -2.18. The standard InChI is InChI=1S/C19H20N4OS/c1-23-10-12(19(24)21-17-5-6-25-22-17)7-14-13-3-2-4-15-18(13)11(9-20-15)8-16(14)23/h2-6,9,12,14,16,20H,7-8,10H2,1H3,(H,21,22,24)/t12-,14-,16-/m1/s1. The summed E-state index contributed by atoms with van der Waals surface area (Å²) >= 11 is 1.36. The molecule has 2 aromatic heterocycles. The highest BCUT2D eigenvalue weighted by atomic mass is 32.1. The number of amides is 1. The Morgan fingerprint density at radius 1 is 1.40 bits per heavy atom. The normalized spacial score (nSPS) is 25.7. The zero-order chi connectivity index (χ0) is 17.0. The van der Waals surface area contributed by atoms with E-state index in [1.165, 1.54) is 33.6 Å². The lowest BCUT2D eigenvalue weighted by Crippen LogP contribution is -2.50. The fourth-order valence-corrected chi connectivity index (χ4v) is 5.11. The van der Waals surface area contributed by atoms with Crippen LogP contribution < -0.4 is 5.32 Å². The molecular formula is C19H20N4OS.